The molecule has 21 heavy (non-hydrogen) atoms. The number of aliphatic hydroxyl groups is 1. The van der Waals surface area contributed by atoms with Crippen LogP contribution in [0.25, 0.3) is 0 Å². The minimum atomic E-state index is -0.561. The molecule has 0 radical (unpaired) electrons. The summed E-state index contributed by atoms with van der Waals surface area (Å²) in [6, 6.07) is 11.1. The first-order valence-electron chi connectivity index (χ1n) is 6.62. The fourth-order valence-electron chi connectivity index (χ4n) is 1.98. The zero-order chi connectivity index (χ0) is 15.2. The van der Waals surface area contributed by atoms with E-state index in [0.717, 1.165) is 5.56 Å². The summed E-state index contributed by atoms with van der Waals surface area (Å²) in [5, 5.41) is 37.3. The second kappa shape index (κ2) is 6.97. The third kappa shape index (κ3) is 4.11. The van der Waals surface area contributed by atoms with Crippen molar-refractivity contribution in [3.63, 3.8) is 0 Å². The van der Waals surface area contributed by atoms with Crippen molar-refractivity contribution < 1.29 is 25.2 Å². The van der Waals surface area contributed by atoms with Gasteiger partial charge in [0.15, 0.2) is 11.5 Å². The van der Waals surface area contributed by atoms with E-state index >= 15 is 0 Å². The van der Waals surface area contributed by atoms with Gasteiger partial charge in [0.1, 0.15) is 11.9 Å². The molecule has 0 saturated carbocycles. The number of hydrogen-bond donors (Lipinski definition) is 4. The molecule has 112 valence electrons. The normalized spacial score (nSPS) is 12.2. The molecule has 4 N–H and O–H groups in total. The van der Waals surface area contributed by atoms with Crippen molar-refractivity contribution in [2.45, 2.75) is 12.5 Å². The number of hydrogen-bond acceptors (Lipinski definition) is 5. The second-order valence-corrected chi connectivity index (χ2v) is 4.71. The van der Waals surface area contributed by atoms with Crippen molar-refractivity contribution in [1.29, 1.82) is 0 Å². The van der Waals surface area contributed by atoms with E-state index in [0.29, 0.717) is 18.6 Å². The SMILES string of the molecule is OCC(OCCc1ccc(O)cc1)c1ccc(O)c(O)c1. The topological polar surface area (TPSA) is 90.2 Å². The smallest absolute Gasteiger partial charge is 0.157 e. The van der Waals surface area contributed by atoms with Crippen molar-refractivity contribution in [3.05, 3.63) is 53.6 Å². The average molecular weight is 290 g/mol. The Morgan fingerprint density at radius 1 is 0.905 bits per heavy atom. The highest BCUT2D eigenvalue weighted by molar-refractivity contribution is 5.41. The van der Waals surface area contributed by atoms with Gasteiger partial charge in [-0.05, 0) is 41.8 Å². The van der Waals surface area contributed by atoms with E-state index in [4.69, 9.17) is 4.74 Å². The Kier molecular flexibility index (Phi) is 5.03. The minimum Gasteiger partial charge on any atom is -0.508 e. The fraction of sp³-hybridized carbons (Fsp3) is 0.250. The van der Waals surface area contributed by atoms with E-state index in [2.05, 4.69) is 0 Å². The molecule has 2 aromatic rings. The molecule has 5 nitrogen and oxygen atoms in total. The molecule has 1 unspecified atom stereocenters. The van der Waals surface area contributed by atoms with Crippen LogP contribution in [0, 0.1) is 0 Å². The Labute approximate surface area is 122 Å². The fourth-order valence-corrected chi connectivity index (χ4v) is 1.98. The van der Waals surface area contributed by atoms with Crippen LogP contribution in [0.15, 0.2) is 42.5 Å². The lowest BCUT2D eigenvalue weighted by Crippen LogP contribution is -2.11. The molecule has 0 aliphatic rings. The first-order chi connectivity index (χ1) is 10.1. The summed E-state index contributed by atoms with van der Waals surface area (Å²) >= 11 is 0. The van der Waals surface area contributed by atoms with E-state index in [1.165, 1.54) is 12.1 Å². The minimum absolute atomic E-state index is 0.209. The first-order valence-corrected chi connectivity index (χ1v) is 6.62. The summed E-state index contributed by atoms with van der Waals surface area (Å²) in [7, 11) is 0. The highest BCUT2D eigenvalue weighted by Gasteiger charge is 2.13. The Morgan fingerprint density at radius 3 is 2.24 bits per heavy atom. The molecule has 2 rings (SSSR count). The van der Waals surface area contributed by atoms with Gasteiger partial charge in [-0.15, -0.1) is 0 Å². The van der Waals surface area contributed by atoms with Crippen molar-refractivity contribution in [2.75, 3.05) is 13.2 Å². The number of aromatic hydroxyl groups is 3. The number of aliphatic hydroxyl groups excluding tert-OH is 1. The predicted octanol–water partition coefficient (Wildman–Crippen LogP) is 2.10. The summed E-state index contributed by atoms with van der Waals surface area (Å²) in [6.07, 6.45) is 0.0783. The number of phenols is 3. The van der Waals surface area contributed by atoms with Crippen molar-refractivity contribution in [3.8, 4) is 17.2 Å². The van der Waals surface area contributed by atoms with Gasteiger partial charge in [0.25, 0.3) is 0 Å². The van der Waals surface area contributed by atoms with Crippen molar-refractivity contribution in [2.24, 2.45) is 0 Å². The number of phenolic OH excluding ortho intramolecular Hbond substituents is 3. The molecular weight excluding hydrogens is 272 g/mol. The maximum absolute atomic E-state index is 9.46. The van der Waals surface area contributed by atoms with Crippen LogP contribution >= 0.6 is 0 Å². The number of ether oxygens (including phenoxy) is 1. The van der Waals surface area contributed by atoms with Gasteiger partial charge in [0.05, 0.1) is 13.2 Å². The van der Waals surface area contributed by atoms with Gasteiger partial charge in [-0.3, -0.25) is 0 Å². The summed E-state index contributed by atoms with van der Waals surface area (Å²) in [5.74, 6) is -0.236. The first kappa shape index (κ1) is 15.2. The molecule has 0 amide bonds. The van der Waals surface area contributed by atoms with Gasteiger partial charge in [-0.1, -0.05) is 18.2 Å². The Hall–Kier alpha value is -2.24. The zero-order valence-electron chi connectivity index (χ0n) is 11.4. The van der Waals surface area contributed by atoms with Crippen LogP contribution in [-0.4, -0.2) is 33.6 Å². The van der Waals surface area contributed by atoms with Crippen LogP contribution < -0.4 is 0 Å². The molecule has 0 fully saturated rings. The van der Waals surface area contributed by atoms with E-state index in [1.807, 2.05) is 0 Å². The summed E-state index contributed by atoms with van der Waals surface area (Å²) in [4.78, 5) is 0. The number of rotatable bonds is 6. The van der Waals surface area contributed by atoms with Gasteiger partial charge >= 0.3 is 0 Å². The molecule has 0 heterocycles. The largest absolute Gasteiger partial charge is 0.508 e. The molecule has 2 aromatic carbocycles. The second-order valence-electron chi connectivity index (χ2n) is 4.71. The predicted molar refractivity (Wildman–Crippen MR) is 77.4 cm³/mol. The zero-order valence-corrected chi connectivity index (χ0v) is 11.4. The lowest BCUT2D eigenvalue weighted by atomic mass is 10.1. The third-order valence-electron chi connectivity index (χ3n) is 3.18. The standard InChI is InChI=1S/C16H18O5/c17-10-16(12-3-6-14(19)15(20)9-12)21-8-7-11-1-4-13(18)5-2-11/h1-6,9,16-20H,7-8,10H2. The molecule has 0 aliphatic carbocycles. The molecule has 0 aromatic heterocycles. The van der Waals surface area contributed by atoms with Crippen molar-refractivity contribution in [1.82, 2.24) is 0 Å². The summed E-state index contributed by atoms with van der Waals surface area (Å²) in [5.41, 5.74) is 1.61. The van der Waals surface area contributed by atoms with E-state index in [9.17, 15) is 20.4 Å². The third-order valence-corrected chi connectivity index (χ3v) is 3.18. The molecular formula is C16H18O5. The van der Waals surface area contributed by atoms with Gasteiger partial charge in [0.2, 0.25) is 0 Å². The van der Waals surface area contributed by atoms with Crippen LogP contribution in [-0.2, 0) is 11.2 Å². The average Bonchev–Trinajstić information content (AvgIpc) is 2.49. The lowest BCUT2D eigenvalue weighted by molar-refractivity contribution is 0.0132. The molecule has 0 bridgehead atoms. The van der Waals surface area contributed by atoms with Crippen LogP contribution in [0.2, 0.25) is 0 Å². The molecule has 0 aliphatic heterocycles. The highest BCUT2D eigenvalue weighted by Crippen LogP contribution is 2.29. The molecule has 5 heteroatoms. The lowest BCUT2D eigenvalue weighted by Gasteiger charge is -2.16. The monoisotopic (exact) mass is 290 g/mol. The quantitative estimate of drug-likeness (QED) is 0.612. The molecule has 0 spiro atoms. The van der Waals surface area contributed by atoms with Crippen molar-refractivity contribution >= 4 is 0 Å². The van der Waals surface area contributed by atoms with E-state index < -0.39 is 6.10 Å². The van der Waals surface area contributed by atoms with Crippen LogP contribution in [0.4, 0.5) is 0 Å². The summed E-state index contributed by atoms with van der Waals surface area (Å²) in [6.45, 7) is 0.164. The molecule has 0 saturated heterocycles. The van der Waals surface area contributed by atoms with Crippen LogP contribution in [0.5, 0.6) is 17.2 Å². The van der Waals surface area contributed by atoms with E-state index in [-0.39, 0.29) is 23.9 Å². The van der Waals surface area contributed by atoms with Crippen LogP contribution in [0.1, 0.15) is 17.2 Å². The highest BCUT2D eigenvalue weighted by atomic mass is 16.5. The van der Waals surface area contributed by atoms with Gasteiger partial charge in [-0.2, -0.15) is 0 Å². The number of benzene rings is 2. The van der Waals surface area contributed by atoms with Gasteiger partial charge < -0.3 is 25.2 Å². The van der Waals surface area contributed by atoms with Gasteiger partial charge in [0, 0.05) is 0 Å². The van der Waals surface area contributed by atoms with Crippen LogP contribution in [0.3, 0.4) is 0 Å². The Balaban J connectivity index is 1.93. The summed E-state index contributed by atoms with van der Waals surface area (Å²) < 4.78 is 5.60. The molecule has 1 atom stereocenters. The Bertz CT molecular complexity index is 580. The van der Waals surface area contributed by atoms with E-state index in [1.54, 1.807) is 30.3 Å². The van der Waals surface area contributed by atoms with Gasteiger partial charge in [-0.25, -0.2) is 0 Å². The Morgan fingerprint density at radius 2 is 1.62 bits per heavy atom. The maximum atomic E-state index is 9.46. The maximum Gasteiger partial charge on any atom is 0.157 e.